The van der Waals surface area contributed by atoms with Crippen LogP contribution in [0.2, 0.25) is 0 Å². The van der Waals surface area contributed by atoms with Crippen LogP contribution >= 0.6 is 0 Å². The Morgan fingerprint density at radius 3 is 2.82 bits per heavy atom. The third-order valence-electron chi connectivity index (χ3n) is 4.06. The molecule has 1 N–H and O–H groups in total. The standard InChI is InChI=1S/C16H25N/c1-3-7-13(4-2)12-16-15-9-6-5-8-14(15)10-11-17-16/h3-4,7,16-17H,5-6,8-12H2,1-2H3/b7-3-,13-4+/t16-/m0/s1. The minimum atomic E-state index is 0.612. The first-order valence-electron chi connectivity index (χ1n) is 7.07. The fraction of sp³-hybridized carbons (Fsp3) is 0.625. The van der Waals surface area contributed by atoms with E-state index in [2.05, 4.69) is 37.4 Å². The van der Waals surface area contributed by atoms with Gasteiger partial charge in [0.25, 0.3) is 0 Å². The molecule has 0 fully saturated rings. The summed E-state index contributed by atoms with van der Waals surface area (Å²) in [6, 6.07) is 0.612. The summed E-state index contributed by atoms with van der Waals surface area (Å²) < 4.78 is 0. The van der Waals surface area contributed by atoms with Crippen molar-refractivity contribution in [2.45, 2.75) is 58.4 Å². The van der Waals surface area contributed by atoms with Crippen molar-refractivity contribution in [2.24, 2.45) is 0 Å². The minimum absolute atomic E-state index is 0.612. The number of nitrogens with one attached hydrogen (secondary N) is 1. The van der Waals surface area contributed by atoms with Gasteiger partial charge in [-0.25, -0.2) is 0 Å². The topological polar surface area (TPSA) is 12.0 Å². The van der Waals surface area contributed by atoms with Crippen molar-refractivity contribution >= 4 is 0 Å². The Hall–Kier alpha value is -0.820. The van der Waals surface area contributed by atoms with E-state index >= 15 is 0 Å². The Morgan fingerprint density at radius 1 is 1.24 bits per heavy atom. The summed E-state index contributed by atoms with van der Waals surface area (Å²) in [6.45, 7) is 5.42. The molecule has 1 heterocycles. The molecular formula is C16H25N. The third kappa shape index (κ3) is 3.10. The van der Waals surface area contributed by atoms with E-state index in [1.165, 1.54) is 50.6 Å². The monoisotopic (exact) mass is 231 g/mol. The summed E-state index contributed by atoms with van der Waals surface area (Å²) in [5, 5.41) is 3.71. The molecule has 0 saturated heterocycles. The van der Waals surface area contributed by atoms with Gasteiger partial charge in [-0.2, -0.15) is 0 Å². The zero-order valence-corrected chi connectivity index (χ0v) is 11.3. The zero-order valence-electron chi connectivity index (χ0n) is 11.3. The molecule has 1 aliphatic heterocycles. The largest absolute Gasteiger partial charge is 0.310 e. The van der Waals surface area contributed by atoms with Gasteiger partial charge < -0.3 is 5.32 Å². The van der Waals surface area contributed by atoms with Crippen molar-refractivity contribution < 1.29 is 0 Å². The molecule has 17 heavy (non-hydrogen) atoms. The van der Waals surface area contributed by atoms with E-state index in [4.69, 9.17) is 0 Å². The van der Waals surface area contributed by atoms with Crippen LogP contribution in [0, 0.1) is 0 Å². The lowest BCUT2D eigenvalue weighted by atomic mass is 9.81. The summed E-state index contributed by atoms with van der Waals surface area (Å²) >= 11 is 0. The fourth-order valence-electron chi connectivity index (χ4n) is 3.15. The van der Waals surface area contributed by atoms with E-state index in [0.717, 1.165) is 0 Å². The Labute approximate surface area is 106 Å². The van der Waals surface area contributed by atoms with Crippen LogP contribution in [0.1, 0.15) is 52.4 Å². The van der Waals surface area contributed by atoms with Crippen LogP contribution in [0.3, 0.4) is 0 Å². The lowest BCUT2D eigenvalue weighted by Crippen LogP contribution is -2.37. The van der Waals surface area contributed by atoms with Gasteiger partial charge in [0, 0.05) is 6.04 Å². The molecular weight excluding hydrogens is 206 g/mol. The highest BCUT2D eigenvalue weighted by Crippen LogP contribution is 2.33. The predicted octanol–water partition coefficient (Wildman–Crippen LogP) is 4.13. The maximum atomic E-state index is 3.71. The van der Waals surface area contributed by atoms with E-state index in [-0.39, 0.29) is 0 Å². The van der Waals surface area contributed by atoms with Gasteiger partial charge in [-0.05, 0) is 58.9 Å². The Bertz CT molecular complexity index is 343. The molecule has 0 spiro atoms. The normalized spacial score (nSPS) is 26.5. The molecule has 1 heteroatoms. The van der Waals surface area contributed by atoms with Crippen molar-refractivity contribution in [1.82, 2.24) is 5.32 Å². The Morgan fingerprint density at radius 2 is 2.06 bits per heavy atom. The molecule has 0 radical (unpaired) electrons. The zero-order chi connectivity index (χ0) is 12.1. The maximum absolute atomic E-state index is 3.71. The van der Waals surface area contributed by atoms with Crippen LogP contribution in [0.4, 0.5) is 0 Å². The van der Waals surface area contributed by atoms with Gasteiger partial charge in [-0.15, -0.1) is 0 Å². The predicted molar refractivity (Wildman–Crippen MR) is 75.1 cm³/mol. The molecule has 0 aromatic rings. The molecule has 0 bridgehead atoms. The second-order valence-electron chi connectivity index (χ2n) is 5.16. The van der Waals surface area contributed by atoms with Gasteiger partial charge in [0.2, 0.25) is 0 Å². The van der Waals surface area contributed by atoms with Crippen molar-refractivity contribution in [3.8, 4) is 0 Å². The van der Waals surface area contributed by atoms with E-state index < -0.39 is 0 Å². The highest BCUT2D eigenvalue weighted by atomic mass is 14.9. The molecule has 1 aliphatic carbocycles. The molecule has 0 aromatic heterocycles. The van der Waals surface area contributed by atoms with E-state index in [0.29, 0.717) is 6.04 Å². The summed E-state index contributed by atoms with van der Waals surface area (Å²) in [4.78, 5) is 0. The Balaban J connectivity index is 2.09. The molecule has 2 aliphatic rings. The smallest absolute Gasteiger partial charge is 0.0322 e. The van der Waals surface area contributed by atoms with Crippen LogP contribution in [0.5, 0.6) is 0 Å². The first kappa shape index (κ1) is 12.6. The van der Waals surface area contributed by atoms with Crippen LogP contribution < -0.4 is 5.32 Å². The van der Waals surface area contributed by atoms with Crippen molar-refractivity contribution in [3.63, 3.8) is 0 Å². The average Bonchev–Trinajstić information content (AvgIpc) is 2.38. The van der Waals surface area contributed by atoms with Crippen LogP contribution in [-0.2, 0) is 0 Å². The molecule has 0 saturated carbocycles. The Kier molecular flexibility index (Phi) is 4.61. The molecule has 94 valence electrons. The molecule has 0 unspecified atom stereocenters. The van der Waals surface area contributed by atoms with Gasteiger partial charge in [-0.3, -0.25) is 0 Å². The number of hydrogen-bond acceptors (Lipinski definition) is 1. The first-order chi connectivity index (χ1) is 8.35. The first-order valence-corrected chi connectivity index (χ1v) is 7.07. The van der Waals surface area contributed by atoms with Crippen molar-refractivity contribution in [2.75, 3.05) is 6.54 Å². The van der Waals surface area contributed by atoms with Crippen LogP contribution in [0.15, 0.2) is 34.9 Å². The van der Waals surface area contributed by atoms with Gasteiger partial charge in [0.15, 0.2) is 0 Å². The molecule has 1 nitrogen and oxygen atoms in total. The lowest BCUT2D eigenvalue weighted by Gasteiger charge is -2.33. The molecule has 2 rings (SSSR count). The number of allylic oxidation sites excluding steroid dienone is 3. The highest BCUT2D eigenvalue weighted by Gasteiger charge is 2.24. The summed E-state index contributed by atoms with van der Waals surface area (Å²) in [7, 11) is 0. The highest BCUT2D eigenvalue weighted by molar-refractivity contribution is 5.29. The van der Waals surface area contributed by atoms with E-state index in [9.17, 15) is 0 Å². The lowest BCUT2D eigenvalue weighted by molar-refractivity contribution is 0.475. The van der Waals surface area contributed by atoms with E-state index in [1.807, 2.05) is 0 Å². The summed E-state index contributed by atoms with van der Waals surface area (Å²) in [5.74, 6) is 0. The minimum Gasteiger partial charge on any atom is -0.310 e. The molecule has 0 amide bonds. The van der Waals surface area contributed by atoms with Gasteiger partial charge in [-0.1, -0.05) is 34.9 Å². The number of hydrogen-bond donors (Lipinski definition) is 1. The van der Waals surface area contributed by atoms with Gasteiger partial charge in [0.1, 0.15) is 0 Å². The SMILES string of the molecule is C/C=C\C(=C/C)C[C@@H]1NCCC2=C1CCCC2. The van der Waals surface area contributed by atoms with Crippen molar-refractivity contribution in [1.29, 1.82) is 0 Å². The second kappa shape index (κ2) is 6.20. The van der Waals surface area contributed by atoms with Crippen LogP contribution in [0.25, 0.3) is 0 Å². The maximum Gasteiger partial charge on any atom is 0.0322 e. The van der Waals surface area contributed by atoms with Crippen molar-refractivity contribution in [3.05, 3.63) is 34.9 Å². The second-order valence-corrected chi connectivity index (χ2v) is 5.16. The van der Waals surface area contributed by atoms with Gasteiger partial charge in [0.05, 0.1) is 0 Å². The molecule has 1 atom stereocenters. The fourth-order valence-corrected chi connectivity index (χ4v) is 3.15. The summed E-state index contributed by atoms with van der Waals surface area (Å²) in [6.07, 6.45) is 14.6. The van der Waals surface area contributed by atoms with Gasteiger partial charge >= 0.3 is 0 Å². The summed E-state index contributed by atoms with van der Waals surface area (Å²) in [5.41, 5.74) is 4.98. The van der Waals surface area contributed by atoms with Crippen LogP contribution in [-0.4, -0.2) is 12.6 Å². The number of rotatable bonds is 3. The van der Waals surface area contributed by atoms with E-state index in [1.54, 1.807) is 11.1 Å². The molecule has 0 aromatic carbocycles. The average molecular weight is 231 g/mol. The quantitative estimate of drug-likeness (QED) is 0.569. The third-order valence-corrected chi connectivity index (χ3v) is 4.06.